The molecular weight excluding hydrogens is 416 g/mol. The van der Waals surface area contributed by atoms with Gasteiger partial charge in [0.05, 0.1) is 23.1 Å². The molecule has 1 amide bonds. The summed E-state index contributed by atoms with van der Waals surface area (Å²) in [6.07, 6.45) is 5.26. The van der Waals surface area contributed by atoms with Crippen molar-refractivity contribution in [2.75, 3.05) is 41.7 Å². The maximum Gasteiger partial charge on any atom is 0.227 e. The van der Waals surface area contributed by atoms with Gasteiger partial charge < -0.3 is 20.9 Å². The predicted octanol–water partition coefficient (Wildman–Crippen LogP) is 3.20. The quantitative estimate of drug-likeness (QED) is 0.434. The van der Waals surface area contributed by atoms with Crippen molar-refractivity contribution in [3.63, 3.8) is 0 Å². The van der Waals surface area contributed by atoms with Crippen LogP contribution in [0.4, 0.5) is 23.1 Å². The van der Waals surface area contributed by atoms with Gasteiger partial charge in [0.15, 0.2) is 0 Å². The van der Waals surface area contributed by atoms with Gasteiger partial charge >= 0.3 is 0 Å². The van der Waals surface area contributed by atoms with Gasteiger partial charge in [0.1, 0.15) is 5.82 Å². The van der Waals surface area contributed by atoms with Crippen LogP contribution in [0.1, 0.15) is 6.92 Å². The molecule has 1 fully saturated rings. The minimum Gasteiger partial charge on any atom is -0.354 e. The topological polar surface area (TPSA) is 108 Å². The van der Waals surface area contributed by atoms with Crippen LogP contribution in [0.5, 0.6) is 0 Å². The van der Waals surface area contributed by atoms with Gasteiger partial charge in [-0.05, 0) is 24.3 Å². The number of carbonyl (C=O) groups excluding carboxylic acids is 1. The van der Waals surface area contributed by atoms with E-state index in [1.165, 1.54) is 6.92 Å². The predicted molar refractivity (Wildman–Crippen MR) is 130 cm³/mol. The van der Waals surface area contributed by atoms with Gasteiger partial charge in [-0.25, -0.2) is 15.0 Å². The Bertz CT molecular complexity index is 1290. The van der Waals surface area contributed by atoms with Crippen LogP contribution in [-0.4, -0.2) is 52.0 Å². The van der Waals surface area contributed by atoms with Crippen LogP contribution in [0.3, 0.4) is 0 Å². The lowest BCUT2D eigenvalue weighted by atomic mass is 10.1. The largest absolute Gasteiger partial charge is 0.354 e. The zero-order valence-electron chi connectivity index (χ0n) is 18.2. The molecule has 4 aromatic rings. The maximum absolute atomic E-state index is 11.4. The molecule has 0 radical (unpaired) electrons. The summed E-state index contributed by atoms with van der Waals surface area (Å²) in [4.78, 5) is 32.0. The first kappa shape index (κ1) is 20.8. The fourth-order valence-corrected chi connectivity index (χ4v) is 3.85. The molecule has 0 saturated carbocycles. The Morgan fingerprint density at radius 1 is 1.00 bits per heavy atom. The van der Waals surface area contributed by atoms with Crippen molar-refractivity contribution >= 4 is 40.0 Å². The summed E-state index contributed by atoms with van der Waals surface area (Å²) in [5.41, 5.74) is 3.85. The van der Waals surface area contributed by atoms with Crippen LogP contribution >= 0.6 is 0 Å². The Labute approximate surface area is 191 Å². The molecule has 0 aliphatic carbocycles. The summed E-state index contributed by atoms with van der Waals surface area (Å²) in [6.45, 7) is 5.32. The Balaban J connectivity index is 1.42. The Morgan fingerprint density at radius 3 is 2.67 bits per heavy atom. The number of para-hydroxylation sites is 1. The monoisotopic (exact) mass is 440 g/mol. The molecule has 1 aliphatic rings. The van der Waals surface area contributed by atoms with E-state index in [0.717, 1.165) is 59.8 Å². The van der Waals surface area contributed by atoms with E-state index < -0.39 is 0 Å². The van der Waals surface area contributed by atoms with Gasteiger partial charge in [0.25, 0.3) is 0 Å². The molecule has 5 rings (SSSR count). The number of hydrogen-bond donors (Lipinski definition) is 3. The van der Waals surface area contributed by atoms with E-state index in [-0.39, 0.29) is 5.91 Å². The molecule has 0 unspecified atom stereocenters. The molecule has 166 valence electrons. The smallest absolute Gasteiger partial charge is 0.227 e. The van der Waals surface area contributed by atoms with E-state index in [1.54, 1.807) is 24.7 Å². The molecule has 33 heavy (non-hydrogen) atoms. The number of rotatable bonds is 5. The highest BCUT2D eigenvalue weighted by molar-refractivity contribution is 5.94. The lowest BCUT2D eigenvalue weighted by molar-refractivity contribution is -0.114. The molecule has 1 aromatic carbocycles. The molecule has 3 aromatic heterocycles. The first-order valence-electron chi connectivity index (χ1n) is 10.8. The van der Waals surface area contributed by atoms with Crippen molar-refractivity contribution in [1.82, 2.24) is 25.3 Å². The number of pyridine rings is 2. The number of aromatic nitrogens is 4. The molecule has 0 spiro atoms. The van der Waals surface area contributed by atoms with E-state index in [1.807, 2.05) is 36.4 Å². The molecule has 0 atom stereocenters. The first-order valence-corrected chi connectivity index (χ1v) is 10.8. The van der Waals surface area contributed by atoms with Crippen LogP contribution in [0.25, 0.3) is 22.2 Å². The van der Waals surface area contributed by atoms with Gasteiger partial charge in [0, 0.05) is 62.1 Å². The molecular formula is C24H24N8O. The third kappa shape index (κ3) is 4.73. The number of carbonyl (C=O) groups is 1. The number of anilines is 4. The first-order chi connectivity index (χ1) is 16.2. The van der Waals surface area contributed by atoms with Crippen LogP contribution in [0, 0.1) is 0 Å². The van der Waals surface area contributed by atoms with E-state index in [2.05, 4.69) is 35.8 Å². The minimum atomic E-state index is -0.129. The number of nitrogens with one attached hydrogen (secondary N) is 3. The van der Waals surface area contributed by atoms with Crippen molar-refractivity contribution in [3.8, 4) is 11.3 Å². The van der Waals surface area contributed by atoms with E-state index in [9.17, 15) is 4.79 Å². The number of fused-ring (bicyclic) bond motifs is 1. The number of piperazine rings is 1. The number of benzene rings is 1. The van der Waals surface area contributed by atoms with Gasteiger partial charge in [-0.1, -0.05) is 18.2 Å². The molecule has 4 heterocycles. The molecule has 1 aliphatic heterocycles. The third-order valence-electron chi connectivity index (χ3n) is 5.41. The number of hydrogen-bond acceptors (Lipinski definition) is 8. The Hall–Kier alpha value is -4.11. The summed E-state index contributed by atoms with van der Waals surface area (Å²) in [5.74, 6) is 1.31. The molecule has 0 bridgehead atoms. The van der Waals surface area contributed by atoms with Gasteiger partial charge in [-0.2, -0.15) is 0 Å². The van der Waals surface area contributed by atoms with Crippen LogP contribution in [0.2, 0.25) is 0 Å². The second-order valence-electron chi connectivity index (χ2n) is 7.82. The normalized spacial score (nSPS) is 13.7. The SMILES string of the molecule is CC(=O)Nc1ccnc(-c2cccc3cnc(Nc4ccc(N5CCNCC5)nc4)nc23)c1. The highest BCUT2D eigenvalue weighted by Crippen LogP contribution is 2.28. The summed E-state index contributed by atoms with van der Waals surface area (Å²) in [7, 11) is 0. The maximum atomic E-state index is 11.4. The number of amides is 1. The second-order valence-corrected chi connectivity index (χ2v) is 7.82. The highest BCUT2D eigenvalue weighted by Gasteiger charge is 2.12. The molecule has 1 saturated heterocycles. The molecule has 3 N–H and O–H groups in total. The summed E-state index contributed by atoms with van der Waals surface area (Å²) < 4.78 is 0. The fraction of sp³-hybridized carbons (Fsp3) is 0.208. The van der Waals surface area contributed by atoms with Crippen LogP contribution in [0.15, 0.2) is 61.1 Å². The highest BCUT2D eigenvalue weighted by atomic mass is 16.1. The van der Waals surface area contributed by atoms with Crippen LogP contribution < -0.4 is 20.9 Å². The summed E-state index contributed by atoms with van der Waals surface area (Å²) >= 11 is 0. The van der Waals surface area contributed by atoms with E-state index in [4.69, 9.17) is 4.98 Å². The fourth-order valence-electron chi connectivity index (χ4n) is 3.85. The standard InChI is InChI=1S/C24H24N8O/c1-16(33)29-18-7-8-26-21(13-18)20-4-2-3-17-14-28-24(31-23(17)20)30-19-5-6-22(27-15-19)32-11-9-25-10-12-32/h2-8,13-15,25H,9-12H2,1H3,(H,26,29,33)(H,28,30,31). The summed E-state index contributed by atoms with van der Waals surface area (Å²) in [6, 6.07) is 13.5. The van der Waals surface area contributed by atoms with Gasteiger partial charge in [-0.3, -0.25) is 9.78 Å². The minimum absolute atomic E-state index is 0.129. The number of nitrogens with zero attached hydrogens (tertiary/aromatic N) is 5. The van der Waals surface area contributed by atoms with Gasteiger partial charge in [-0.15, -0.1) is 0 Å². The second kappa shape index (κ2) is 9.17. The zero-order chi connectivity index (χ0) is 22.6. The lowest BCUT2D eigenvalue weighted by Gasteiger charge is -2.28. The zero-order valence-corrected chi connectivity index (χ0v) is 18.2. The van der Waals surface area contributed by atoms with Crippen LogP contribution in [-0.2, 0) is 4.79 Å². The van der Waals surface area contributed by atoms with Gasteiger partial charge in [0.2, 0.25) is 11.9 Å². The Kier molecular flexibility index (Phi) is 5.77. The summed E-state index contributed by atoms with van der Waals surface area (Å²) in [5, 5.41) is 10.3. The van der Waals surface area contributed by atoms with Crippen molar-refractivity contribution < 1.29 is 4.79 Å². The van der Waals surface area contributed by atoms with Crippen molar-refractivity contribution in [2.45, 2.75) is 6.92 Å². The van der Waals surface area contributed by atoms with Crippen molar-refractivity contribution in [1.29, 1.82) is 0 Å². The lowest BCUT2D eigenvalue weighted by Crippen LogP contribution is -2.43. The molecule has 9 heteroatoms. The van der Waals surface area contributed by atoms with Crippen molar-refractivity contribution in [3.05, 3.63) is 61.1 Å². The average molecular weight is 441 g/mol. The third-order valence-corrected chi connectivity index (χ3v) is 5.41. The average Bonchev–Trinajstić information content (AvgIpc) is 2.84. The molecule has 9 nitrogen and oxygen atoms in total. The van der Waals surface area contributed by atoms with E-state index in [0.29, 0.717) is 11.6 Å². The van der Waals surface area contributed by atoms with E-state index >= 15 is 0 Å². The van der Waals surface area contributed by atoms with Crippen molar-refractivity contribution in [2.24, 2.45) is 0 Å². The Morgan fingerprint density at radius 2 is 1.88 bits per heavy atom.